The van der Waals surface area contributed by atoms with Crippen molar-refractivity contribution in [2.24, 2.45) is 5.92 Å². The summed E-state index contributed by atoms with van der Waals surface area (Å²) in [6, 6.07) is 12.6. The average molecular weight is 481 g/mol. The molecule has 0 aliphatic heterocycles. The summed E-state index contributed by atoms with van der Waals surface area (Å²) in [6.07, 6.45) is 10.2. The number of aryl methyl sites for hydroxylation is 1. The second-order valence-corrected chi connectivity index (χ2v) is 8.71. The maximum absolute atomic E-state index is 10.4. The molecule has 2 aromatic rings. The average Bonchev–Trinajstić information content (AvgIpc) is 3.38. The summed E-state index contributed by atoms with van der Waals surface area (Å²) in [4.78, 5) is 5.28. The molecule has 1 aliphatic rings. The minimum Gasteiger partial charge on any atom is -0.388 e. The first kappa shape index (κ1) is 24.5. The van der Waals surface area contributed by atoms with E-state index in [1.807, 2.05) is 6.07 Å². The quantitative estimate of drug-likeness (QED) is 0.291. The van der Waals surface area contributed by atoms with Crippen LogP contribution in [0.3, 0.4) is 0 Å². The summed E-state index contributed by atoms with van der Waals surface area (Å²) in [5, 5.41) is 13.5. The van der Waals surface area contributed by atoms with Crippen LogP contribution in [0.5, 0.6) is 0 Å². The number of benzene rings is 1. The molecular weight excluding hydrogens is 451 g/mol. The van der Waals surface area contributed by atoms with Gasteiger partial charge in [-0.3, -0.25) is 0 Å². The van der Waals surface area contributed by atoms with Gasteiger partial charge in [0.15, 0.2) is 0 Å². The zero-order chi connectivity index (χ0) is 19.8. The minimum absolute atomic E-state index is 0. The van der Waals surface area contributed by atoms with Crippen LogP contribution in [0.2, 0.25) is 0 Å². The molecule has 0 amide bonds. The Bertz CT molecular complexity index is 791. The van der Waals surface area contributed by atoms with Gasteiger partial charge in [-0.15, -0.1) is 10.3 Å². The van der Waals surface area contributed by atoms with Crippen molar-refractivity contribution in [2.75, 3.05) is 0 Å². The smallest absolute Gasteiger partial charge is 0.233 e. The Morgan fingerprint density at radius 3 is 2.66 bits per heavy atom. The van der Waals surface area contributed by atoms with Crippen LogP contribution in [0.25, 0.3) is 10.4 Å². The van der Waals surface area contributed by atoms with E-state index < -0.39 is 0 Å². The third-order valence-corrected chi connectivity index (χ3v) is 6.64. The van der Waals surface area contributed by atoms with E-state index in [4.69, 9.17) is 6.57 Å². The fraction of sp³-hybridized carbons (Fsp3) is 0.480. The molecule has 2 nitrogen and oxygen atoms in total. The standard InChI is InChI=1S/C25H30NOS.Y/c1-3-4-5-11-25(27)20-14-12-19(13-15-20)22-16-17-24(26-2)23(22)10-6-8-21-9-7-18-28-21;/h7,9,12-16,23-25,27H,3-6,8,10-11,17H2,1H3;/q-1;/t23-,24?,25?;/m1./s1. The molecule has 0 fully saturated rings. The van der Waals surface area contributed by atoms with Gasteiger partial charge in [0.05, 0.1) is 12.0 Å². The van der Waals surface area contributed by atoms with Crippen LogP contribution in [0.4, 0.5) is 0 Å². The summed E-state index contributed by atoms with van der Waals surface area (Å²) in [5.74, 6) is 0.321. The van der Waals surface area contributed by atoms with Crippen LogP contribution in [-0.2, 0) is 39.1 Å². The predicted octanol–water partition coefficient (Wildman–Crippen LogP) is 6.87. The molecule has 3 atom stereocenters. The van der Waals surface area contributed by atoms with Crippen molar-refractivity contribution in [1.82, 2.24) is 0 Å². The van der Waals surface area contributed by atoms with E-state index >= 15 is 0 Å². The van der Waals surface area contributed by atoms with E-state index in [-0.39, 0.29) is 44.9 Å². The molecule has 29 heavy (non-hydrogen) atoms. The van der Waals surface area contributed by atoms with Gasteiger partial charge in [0.1, 0.15) is 0 Å². The van der Waals surface area contributed by atoms with Crippen LogP contribution in [0.15, 0.2) is 42.5 Å². The Balaban J connectivity index is 0.00000300. The van der Waals surface area contributed by atoms with Gasteiger partial charge in [0.25, 0.3) is 0 Å². The maximum Gasteiger partial charge on any atom is 0.233 e. The first-order valence-electron chi connectivity index (χ1n) is 10.5. The molecule has 0 saturated carbocycles. The Hall–Kier alpha value is -0.786. The third kappa shape index (κ3) is 6.86. The number of aliphatic hydroxyl groups is 1. The molecule has 4 heteroatoms. The molecular formula is C25H30NOSY-. The molecule has 1 N–H and O–H groups in total. The zero-order valence-corrected chi connectivity index (χ0v) is 21.0. The maximum atomic E-state index is 10.4. The van der Waals surface area contributed by atoms with Gasteiger partial charge < -0.3 is 21.3 Å². The Labute approximate surface area is 205 Å². The van der Waals surface area contributed by atoms with E-state index in [1.165, 1.54) is 28.9 Å². The second kappa shape index (κ2) is 12.8. The van der Waals surface area contributed by atoms with E-state index in [0.29, 0.717) is 5.92 Å². The normalized spacial score (nSPS) is 19.3. The summed E-state index contributed by atoms with van der Waals surface area (Å²) >= 11 is 1.70. The zero-order valence-electron chi connectivity index (χ0n) is 17.3. The van der Waals surface area contributed by atoms with E-state index in [1.54, 1.807) is 11.3 Å². The Kier molecular flexibility index (Phi) is 10.8. The molecule has 0 spiro atoms. The fourth-order valence-corrected chi connectivity index (χ4v) is 4.82. The Morgan fingerprint density at radius 2 is 2.00 bits per heavy atom. The molecule has 3 rings (SSSR count). The van der Waals surface area contributed by atoms with Crippen LogP contribution >= 0.6 is 11.3 Å². The molecule has 0 bridgehead atoms. The van der Waals surface area contributed by atoms with Gasteiger partial charge in [-0.1, -0.05) is 69.4 Å². The molecule has 1 aromatic carbocycles. The van der Waals surface area contributed by atoms with Crippen molar-refractivity contribution in [3.63, 3.8) is 0 Å². The van der Waals surface area contributed by atoms with Crippen LogP contribution in [0.1, 0.15) is 74.0 Å². The van der Waals surface area contributed by atoms with E-state index in [0.717, 1.165) is 44.1 Å². The van der Waals surface area contributed by atoms with Crippen molar-refractivity contribution in [3.05, 3.63) is 75.3 Å². The number of thiophene rings is 1. The van der Waals surface area contributed by atoms with Crippen molar-refractivity contribution in [2.45, 2.75) is 70.4 Å². The third-order valence-electron chi connectivity index (χ3n) is 5.78. The number of nitrogens with zero attached hydrogens (tertiary/aromatic N) is 1. The van der Waals surface area contributed by atoms with Gasteiger partial charge in [0, 0.05) is 39.1 Å². The molecule has 2 unspecified atom stereocenters. The van der Waals surface area contributed by atoms with E-state index in [9.17, 15) is 5.11 Å². The molecule has 1 aliphatic carbocycles. The van der Waals surface area contributed by atoms with Crippen molar-refractivity contribution in [1.29, 1.82) is 0 Å². The van der Waals surface area contributed by atoms with Gasteiger partial charge >= 0.3 is 0 Å². The topological polar surface area (TPSA) is 24.6 Å². The van der Waals surface area contributed by atoms with Crippen molar-refractivity contribution in [3.8, 4) is 0 Å². The van der Waals surface area contributed by atoms with Crippen LogP contribution < -0.4 is 0 Å². The van der Waals surface area contributed by atoms with Gasteiger partial charge in [-0.2, -0.15) is 6.07 Å². The number of hydrogen-bond donors (Lipinski definition) is 1. The fourth-order valence-electron chi connectivity index (χ4n) is 4.15. The molecule has 1 heterocycles. The first-order chi connectivity index (χ1) is 13.7. The molecule has 1 radical (unpaired) electrons. The summed E-state index contributed by atoms with van der Waals surface area (Å²) in [5.41, 5.74) is 3.54. The predicted molar refractivity (Wildman–Crippen MR) is 118 cm³/mol. The van der Waals surface area contributed by atoms with Gasteiger partial charge in [-0.25, -0.2) is 12.6 Å². The van der Waals surface area contributed by atoms with Crippen molar-refractivity contribution < 1.29 is 37.8 Å². The monoisotopic (exact) mass is 481 g/mol. The van der Waals surface area contributed by atoms with Gasteiger partial charge in [-0.05, 0) is 29.5 Å². The summed E-state index contributed by atoms with van der Waals surface area (Å²) in [7, 11) is 0. The first-order valence-corrected chi connectivity index (χ1v) is 11.3. The number of aliphatic hydroxyl groups excluding tert-OH is 1. The summed E-state index contributed by atoms with van der Waals surface area (Å²) < 4.78 is 0. The Morgan fingerprint density at radius 1 is 1.21 bits per heavy atom. The minimum atomic E-state index is -0.368. The molecule has 151 valence electrons. The van der Waals surface area contributed by atoms with Crippen LogP contribution in [0, 0.1) is 17.9 Å². The SMILES string of the molecule is [C-]#[N+]C1CC=C(c2ccc(C(O)CCCCC)cc2)[C@H]1CCCc1cc[c-]s1.[Y]. The summed E-state index contributed by atoms with van der Waals surface area (Å²) in [6.45, 7) is 9.77. The second-order valence-electron chi connectivity index (χ2n) is 7.74. The van der Waals surface area contributed by atoms with Crippen molar-refractivity contribution >= 4 is 16.9 Å². The van der Waals surface area contributed by atoms with Crippen LogP contribution in [-0.4, -0.2) is 11.1 Å². The number of hydrogen-bond acceptors (Lipinski definition) is 2. The molecule has 1 aromatic heterocycles. The van der Waals surface area contributed by atoms with E-state index in [2.05, 4.69) is 53.6 Å². The van der Waals surface area contributed by atoms with Gasteiger partial charge in [0.2, 0.25) is 6.04 Å². The number of rotatable bonds is 10. The largest absolute Gasteiger partial charge is 0.388 e. The number of unbranched alkanes of at least 4 members (excludes halogenated alkanes) is 2. The molecule has 0 saturated heterocycles.